The molecule has 0 bridgehead atoms. The van der Waals surface area contributed by atoms with Gasteiger partial charge in [-0.2, -0.15) is 9.29 Å². The Morgan fingerprint density at radius 3 is 2.48 bits per heavy atom. The van der Waals surface area contributed by atoms with E-state index in [1.165, 1.54) is 15.6 Å². The number of hydrogen-bond acceptors (Lipinski definition) is 7. The minimum Gasteiger partial charge on any atom is -0.368 e. The predicted molar refractivity (Wildman–Crippen MR) is 91.5 cm³/mol. The van der Waals surface area contributed by atoms with Gasteiger partial charge in [-0.15, -0.1) is 11.3 Å². The first kappa shape index (κ1) is 16.4. The molecule has 3 heterocycles. The van der Waals surface area contributed by atoms with Crippen molar-refractivity contribution in [2.45, 2.75) is 11.1 Å². The van der Waals surface area contributed by atoms with Crippen molar-refractivity contribution in [1.82, 2.24) is 14.3 Å². The van der Waals surface area contributed by atoms with Gasteiger partial charge < -0.3 is 10.6 Å². The second-order valence-electron chi connectivity index (χ2n) is 5.16. The fourth-order valence-corrected chi connectivity index (χ4v) is 5.46. The number of halogens is 1. The third-order valence-electron chi connectivity index (χ3n) is 3.57. The summed E-state index contributed by atoms with van der Waals surface area (Å²) >= 11 is 7.18. The lowest BCUT2D eigenvalue weighted by atomic mass is 10.3. The van der Waals surface area contributed by atoms with E-state index in [4.69, 9.17) is 17.3 Å². The minimum atomic E-state index is -3.42. The maximum atomic E-state index is 12.6. The highest BCUT2D eigenvalue weighted by atomic mass is 35.5. The van der Waals surface area contributed by atoms with Crippen LogP contribution in [-0.4, -0.2) is 48.9 Å². The van der Waals surface area contributed by atoms with Crippen LogP contribution in [0.3, 0.4) is 0 Å². The molecule has 0 aliphatic carbocycles. The van der Waals surface area contributed by atoms with Gasteiger partial charge in [0.25, 0.3) is 10.0 Å². The first-order valence-electron chi connectivity index (χ1n) is 6.98. The average Bonchev–Trinajstić information content (AvgIpc) is 2.94. The summed E-state index contributed by atoms with van der Waals surface area (Å²) in [6.07, 6.45) is 0. The molecule has 23 heavy (non-hydrogen) atoms. The summed E-state index contributed by atoms with van der Waals surface area (Å²) in [6.45, 7) is 3.72. The van der Waals surface area contributed by atoms with Gasteiger partial charge in [0.1, 0.15) is 15.2 Å². The van der Waals surface area contributed by atoms with E-state index in [1.54, 1.807) is 12.1 Å². The Morgan fingerprint density at radius 2 is 1.91 bits per heavy atom. The zero-order chi connectivity index (χ0) is 16.6. The van der Waals surface area contributed by atoms with E-state index < -0.39 is 10.0 Å². The van der Waals surface area contributed by atoms with Crippen molar-refractivity contribution in [3.63, 3.8) is 0 Å². The number of piperazine rings is 1. The molecule has 0 unspecified atom stereocenters. The number of aryl methyl sites for hydroxylation is 1. The van der Waals surface area contributed by atoms with E-state index in [0.717, 1.165) is 4.88 Å². The van der Waals surface area contributed by atoms with Crippen LogP contribution in [0.15, 0.2) is 22.4 Å². The van der Waals surface area contributed by atoms with Gasteiger partial charge in [-0.25, -0.2) is 13.4 Å². The molecule has 0 spiro atoms. The van der Waals surface area contributed by atoms with E-state index >= 15 is 0 Å². The van der Waals surface area contributed by atoms with E-state index in [1.807, 2.05) is 17.9 Å². The molecule has 1 aliphatic rings. The number of hydrogen-bond donors (Lipinski definition) is 1. The summed E-state index contributed by atoms with van der Waals surface area (Å²) in [4.78, 5) is 10.9. The molecule has 2 N–H and O–H groups in total. The summed E-state index contributed by atoms with van der Waals surface area (Å²) in [5.74, 6) is 0.725. The van der Waals surface area contributed by atoms with Crippen LogP contribution < -0.4 is 10.6 Å². The van der Waals surface area contributed by atoms with Gasteiger partial charge in [0.15, 0.2) is 0 Å². The van der Waals surface area contributed by atoms with Crippen LogP contribution in [0.25, 0.3) is 0 Å². The Hall–Kier alpha value is -1.42. The highest BCUT2D eigenvalue weighted by molar-refractivity contribution is 7.91. The van der Waals surface area contributed by atoms with Gasteiger partial charge >= 0.3 is 0 Å². The molecular formula is C13H16ClN5O2S2. The first-order valence-corrected chi connectivity index (χ1v) is 9.61. The summed E-state index contributed by atoms with van der Waals surface area (Å²) in [7, 11) is -3.42. The fourth-order valence-electron chi connectivity index (χ4n) is 2.42. The molecule has 1 aliphatic heterocycles. The molecule has 2 aromatic rings. The third-order valence-corrected chi connectivity index (χ3v) is 7.13. The van der Waals surface area contributed by atoms with Gasteiger partial charge in [-0.1, -0.05) is 11.6 Å². The third kappa shape index (κ3) is 3.42. The molecule has 0 saturated carbocycles. The molecule has 1 fully saturated rings. The van der Waals surface area contributed by atoms with Crippen molar-refractivity contribution >= 4 is 44.7 Å². The predicted octanol–water partition coefficient (Wildman–Crippen LogP) is 1.59. The number of thiophene rings is 1. The molecule has 3 rings (SSSR count). The Morgan fingerprint density at radius 1 is 1.22 bits per heavy atom. The number of rotatable bonds is 3. The SMILES string of the molecule is Cc1ccc(S(=O)(=O)N2CCN(c3cc(Cl)nc(N)n3)CC2)s1. The maximum absolute atomic E-state index is 12.6. The van der Waals surface area contributed by atoms with E-state index in [0.29, 0.717) is 36.2 Å². The summed E-state index contributed by atoms with van der Waals surface area (Å²) in [6, 6.07) is 5.11. The highest BCUT2D eigenvalue weighted by Crippen LogP contribution is 2.26. The van der Waals surface area contributed by atoms with Gasteiger partial charge in [-0.3, -0.25) is 0 Å². The number of nitrogens with zero attached hydrogens (tertiary/aromatic N) is 4. The smallest absolute Gasteiger partial charge is 0.252 e. The molecule has 10 heteroatoms. The molecular weight excluding hydrogens is 358 g/mol. The maximum Gasteiger partial charge on any atom is 0.252 e. The van der Waals surface area contributed by atoms with Crippen molar-refractivity contribution in [2.75, 3.05) is 36.8 Å². The van der Waals surface area contributed by atoms with Crippen molar-refractivity contribution in [3.8, 4) is 0 Å². The zero-order valence-electron chi connectivity index (χ0n) is 12.4. The van der Waals surface area contributed by atoms with Gasteiger partial charge in [-0.05, 0) is 19.1 Å². The summed E-state index contributed by atoms with van der Waals surface area (Å²) < 4.78 is 27.1. The quantitative estimate of drug-likeness (QED) is 0.821. The van der Waals surface area contributed by atoms with Gasteiger partial charge in [0, 0.05) is 37.1 Å². The van der Waals surface area contributed by atoms with Gasteiger partial charge in [0.2, 0.25) is 5.95 Å². The number of nitrogens with two attached hydrogens (primary N) is 1. The normalized spacial score (nSPS) is 16.7. The lowest BCUT2D eigenvalue weighted by molar-refractivity contribution is 0.385. The average molecular weight is 374 g/mol. The Bertz CT molecular complexity index is 795. The van der Waals surface area contributed by atoms with Gasteiger partial charge in [0.05, 0.1) is 0 Å². The zero-order valence-corrected chi connectivity index (χ0v) is 14.8. The van der Waals surface area contributed by atoms with Crippen LogP contribution >= 0.6 is 22.9 Å². The second-order valence-corrected chi connectivity index (χ2v) is 9.00. The van der Waals surface area contributed by atoms with E-state index in [9.17, 15) is 8.42 Å². The van der Waals surface area contributed by atoms with Crippen LogP contribution in [0.5, 0.6) is 0 Å². The van der Waals surface area contributed by atoms with Crippen molar-refractivity contribution in [1.29, 1.82) is 0 Å². The Labute approximate surface area is 143 Å². The fraction of sp³-hybridized carbons (Fsp3) is 0.385. The topological polar surface area (TPSA) is 92.4 Å². The number of sulfonamides is 1. The molecule has 1 saturated heterocycles. The molecule has 0 aromatic carbocycles. The second kappa shape index (κ2) is 6.23. The van der Waals surface area contributed by atoms with Crippen LogP contribution in [0.4, 0.5) is 11.8 Å². The van der Waals surface area contributed by atoms with Crippen LogP contribution in [0.1, 0.15) is 4.88 Å². The molecule has 0 amide bonds. The van der Waals surface area contributed by atoms with Crippen LogP contribution in [0.2, 0.25) is 5.15 Å². The van der Waals surface area contributed by atoms with E-state index in [-0.39, 0.29) is 11.1 Å². The lowest BCUT2D eigenvalue weighted by Gasteiger charge is -2.34. The first-order chi connectivity index (χ1) is 10.9. The lowest BCUT2D eigenvalue weighted by Crippen LogP contribution is -2.48. The highest BCUT2D eigenvalue weighted by Gasteiger charge is 2.30. The molecule has 0 atom stereocenters. The van der Waals surface area contributed by atoms with Crippen LogP contribution in [0, 0.1) is 6.92 Å². The molecule has 0 radical (unpaired) electrons. The monoisotopic (exact) mass is 373 g/mol. The standard InChI is InChI=1S/C13H16ClN5O2S2/c1-9-2-3-12(22-9)23(20,21)19-6-4-18(5-7-19)11-8-10(14)16-13(15)17-11/h2-3,8H,4-7H2,1H3,(H2,15,16,17). The Balaban J connectivity index is 1.73. The number of anilines is 2. The Kier molecular flexibility index (Phi) is 4.45. The largest absolute Gasteiger partial charge is 0.368 e. The van der Waals surface area contributed by atoms with Crippen LogP contribution in [-0.2, 0) is 10.0 Å². The molecule has 7 nitrogen and oxygen atoms in total. The minimum absolute atomic E-state index is 0.108. The number of aromatic nitrogens is 2. The summed E-state index contributed by atoms with van der Waals surface area (Å²) in [5.41, 5.74) is 5.60. The van der Waals surface area contributed by atoms with Crippen molar-refractivity contribution in [2.24, 2.45) is 0 Å². The summed E-state index contributed by atoms with van der Waals surface area (Å²) in [5, 5.41) is 0.275. The number of nitrogen functional groups attached to an aromatic ring is 1. The molecule has 2 aromatic heterocycles. The van der Waals surface area contributed by atoms with E-state index in [2.05, 4.69) is 9.97 Å². The molecule has 124 valence electrons. The van der Waals surface area contributed by atoms with Crippen molar-refractivity contribution in [3.05, 3.63) is 28.2 Å². The van der Waals surface area contributed by atoms with Crippen molar-refractivity contribution < 1.29 is 8.42 Å².